The minimum atomic E-state index is -0.872. The van der Waals surface area contributed by atoms with Crippen LogP contribution in [0.3, 0.4) is 0 Å². The van der Waals surface area contributed by atoms with Crippen molar-refractivity contribution in [3.63, 3.8) is 0 Å². The van der Waals surface area contributed by atoms with Gasteiger partial charge in [0.2, 0.25) is 11.8 Å². The van der Waals surface area contributed by atoms with Crippen LogP contribution in [-0.2, 0) is 13.0 Å². The summed E-state index contributed by atoms with van der Waals surface area (Å²) in [6, 6.07) is 12.7. The molecule has 0 N–H and O–H groups in total. The van der Waals surface area contributed by atoms with Crippen molar-refractivity contribution in [1.29, 1.82) is 0 Å². The topological polar surface area (TPSA) is 58.6 Å². The third kappa shape index (κ3) is 4.37. The molecule has 0 atom stereocenters. The van der Waals surface area contributed by atoms with E-state index >= 15 is 0 Å². The van der Waals surface area contributed by atoms with Crippen molar-refractivity contribution >= 4 is 11.9 Å². The van der Waals surface area contributed by atoms with Gasteiger partial charge in [-0.05, 0) is 43.5 Å². The fourth-order valence-corrected chi connectivity index (χ4v) is 4.32. The van der Waals surface area contributed by atoms with Crippen LogP contribution >= 0.6 is 0 Å². The van der Waals surface area contributed by atoms with Gasteiger partial charge in [-0.1, -0.05) is 24.3 Å². The molecule has 2 aliphatic rings. The van der Waals surface area contributed by atoms with Crippen LogP contribution in [0.15, 0.2) is 48.5 Å². The van der Waals surface area contributed by atoms with Crippen LogP contribution in [0, 0.1) is 11.6 Å². The first-order valence-electron chi connectivity index (χ1n) is 11.2. The van der Waals surface area contributed by atoms with Gasteiger partial charge in [0.25, 0.3) is 5.91 Å². The van der Waals surface area contributed by atoms with E-state index in [4.69, 9.17) is 14.7 Å². The van der Waals surface area contributed by atoms with Crippen LogP contribution in [0.25, 0.3) is 0 Å². The number of para-hydroxylation sites is 1. The van der Waals surface area contributed by atoms with E-state index < -0.39 is 23.1 Å². The van der Waals surface area contributed by atoms with Crippen LogP contribution < -0.4 is 9.64 Å². The van der Waals surface area contributed by atoms with E-state index in [1.807, 2.05) is 30.3 Å². The molecule has 1 amide bonds. The quantitative estimate of drug-likeness (QED) is 0.575. The highest BCUT2D eigenvalue weighted by atomic mass is 19.1. The molecule has 1 fully saturated rings. The standard InChI is InChI=1S/C25H24F2N4O2/c26-19-10-7-11-20(27)22(19)24(32)31-15-12-21-18(16-31)23(33-17-8-3-1-4-9-17)29-25(28-21)30-13-5-2-6-14-30/h1,3-4,7-11H,2,5-6,12-16H2. The SMILES string of the molecule is O=C(c1c(F)cccc1F)N1CCc2nc(N3CCCCC3)nc(Oc3ccccc3)c2C1. The Morgan fingerprint density at radius 3 is 2.33 bits per heavy atom. The number of ether oxygens (including phenoxy) is 1. The maximum absolute atomic E-state index is 14.2. The van der Waals surface area contributed by atoms with E-state index in [0.717, 1.165) is 43.8 Å². The number of rotatable bonds is 4. The van der Waals surface area contributed by atoms with Crippen LogP contribution in [0.5, 0.6) is 11.6 Å². The van der Waals surface area contributed by atoms with Crippen molar-refractivity contribution in [3.8, 4) is 11.6 Å². The molecule has 6 nitrogen and oxygen atoms in total. The molecule has 0 bridgehead atoms. The predicted octanol–water partition coefficient (Wildman–Crippen LogP) is 4.74. The van der Waals surface area contributed by atoms with Crippen LogP contribution in [0.1, 0.15) is 40.9 Å². The van der Waals surface area contributed by atoms with Gasteiger partial charge in [0.1, 0.15) is 22.9 Å². The Kier molecular flexibility index (Phi) is 5.90. The number of aromatic nitrogens is 2. The third-order valence-corrected chi connectivity index (χ3v) is 6.07. The molecular formula is C25H24F2N4O2. The molecule has 0 aliphatic carbocycles. The zero-order valence-corrected chi connectivity index (χ0v) is 18.1. The van der Waals surface area contributed by atoms with Crippen molar-refractivity contribution in [2.75, 3.05) is 24.5 Å². The van der Waals surface area contributed by atoms with Crippen LogP contribution in [0.2, 0.25) is 0 Å². The summed E-state index contributed by atoms with van der Waals surface area (Å²) in [4.78, 5) is 26.1. The van der Waals surface area contributed by atoms with Gasteiger partial charge in [-0.2, -0.15) is 4.98 Å². The van der Waals surface area contributed by atoms with E-state index in [1.54, 1.807) is 0 Å². The van der Waals surface area contributed by atoms with Crippen LogP contribution in [0.4, 0.5) is 14.7 Å². The number of hydrogen-bond acceptors (Lipinski definition) is 5. The zero-order valence-electron chi connectivity index (χ0n) is 18.1. The first kappa shape index (κ1) is 21.3. The van der Waals surface area contributed by atoms with Crippen molar-refractivity contribution in [2.45, 2.75) is 32.2 Å². The summed E-state index contributed by atoms with van der Waals surface area (Å²) in [5.41, 5.74) is 0.919. The third-order valence-electron chi connectivity index (χ3n) is 6.07. The number of carbonyl (C=O) groups excluding carboxylic acids is 1. The molecule has 0 unspecified atom stereocenters. The summed E-state index contributed by atoms with van der Waals surface area (Å²) in [5, 5.41) is 0. The van der Waals surface area contributed by atoms with Gasteiger partial charge in [0, 0.05) is 26.1 Å². The van der Waals surface area contributed by atoms with Gasteiger partial charge in [0.05, 0.1) is 17.8 Å². The maximum atomic E-state index is 14.2. The predicted molar refractivity (Wildman–Crippen MR) is 119 cm³/mol. The zero-order chi connectivity index (χ0) is 22.8. The summed E-state index contributed by atoms with van der Waals surface area (Å²) in [7, 11) is 0. The van der Waals surface area contributed by atoms with Crippen molar-refractivity contribution < 1.29 is 18.3 Å². The van der Waals surface area contributed by atoms with Crippen LogP contribution in [-0.4, -0.2) is 40.4 Å². The van der Waals surface area contributed by atoms with E-state index in [1.165, 1.54) is 17.4 Å². The van der Waals surface area contributed by atoms with Crippen molar-refractivity contribution in [1.82, 2.24) is 14.9 Å². The number of anilines is 1. The molecule has 170 valence electrons. The first-order valence-corrected chi connectivity index (χ1v) is 11.2. The minimum absolute atomic E-state index is 0.115. The number of halogens is 2. The lowest BCUT2D eigenvalue weighted by Gasteiger charge is -2.32. The lowest BCUT2D eigenvalue weighted by atomic mass is 10.0. The molecule has 0 radical (unpaired) electrons. The Bertz CT molecular complexity index is 1150. The highest BCUT2D eigenvalue weighted by Gasteiger charge is 2.30. The molecule has 3 aromatic rings. The van der Waals surface area contributed by atoms with E-state index in [9.17, 15) is 13.6 Å². The Hall–Kier alpha value is -3.55. The summed E-state index contributed by atoms with van der Waals surface area (Å²) in [6.07, 6.45) is 3.82. The Balaban J connectivity index is 1.50. The number of amides is 1. The van der Waals surface area contributed by atoms with E-state index in [0.29, 0.717) is 36.1 Å². The molecule has 2 aliphatic heterocycles. The molecule has 3 heterocycles. The highest BCUT2D eigenvalue weighted by molar-refractivity contribution is 5.95. The molecule has 1 aromatic heterocycles. The number of benzene rings is 2. The Morgan fingerprint density at radius 1 is 0.879 bits per heavy atom. The van der Waals surface area contributed by atoms with Gasteiger partial charge in [-0.3, -0.25) is 4.79 Å². The lowest BCUT2D eigenvalue weighted by molar-refractivity contribution is 0.0722. The van der Waals surface area contributed by atoms with Crippen molar-refractivity contribution in [2.24, 2.45) is 0 Å². The van der Waals surface area contributed by atoms with Gasteiger partial charge in [-0.25, -0.2) is 13.8 Å². The minimum Gasteiger partial charge on any atom is -0.438 e. The normalized spacial score (nSPS) is 15.8. The molecule has 33 heavy (non-hydrogen) atoms. The number of nitrogens with zero attached hydrogens (tertiary/aromatic N) is 4. The van der Waals surface area contributed by atoms with Gasteiger partial charge < -0.3 is 14.5 Å². The van der Waals surface area contributed by atoms with Gasteiger partial charge >= 0.3 is 0 Å². The van der Waals surface area contributed by atoms with Gasteiger partial charge in [-0.15, -0.1) is 0 Å². The molecular weight excluding hydrogens is 426 g/mol. The molecule has 1 saturated heterocycles. The molecule has 5 rings (SSSR count). The largest absolute Gasteiger partial charge is 0.438 e. The molecule has 2 aromatic carbocycles. The molecule has 8 heteroatoms. The number of piperidine rings is 1. The molecule has 0 saturated carbocycles. The number of carbonyl (C=O) groups is 1. The fraction of sp³-hybridized carbons (Fsp3) is 0.320. The summed E-state index contributed by atoms with van der Waals surface area (Å²) in [5.74, 6) is -0.822. The fourth-order valence-electron chi connectivity index (χ4n) is 4.32. The smallest absolute Gasteiger partial charge is 0.260 e. The second kappa shape index (κ2) is 9.13. The summed E-state index contributed by atoms with van der Waals surface area (Å²) in [6.45, 7) is 2.20. The summed E-state index contributed by atoms with van der Waals surface area (Å²) < 4.78 is 34.6. The number of hydrogen-bond donors (Lipinski definition) is 0. The Morgan fingerprint density at radius 2 is 1.61 bits per heavy atom. The van der Waals surface area contributed by atoms with E-state index in [2.05, 4.69) is 4.90 Å². The number of fused-ring (bicyclic) bond motifs is 1. The van der Waals surface area contributed by atoms with E-state index in [-0.39, 0.29) is 6.54 Å². The average Bonchev–Trinajstić information content (AvgIpc) is 2.84. The van der Waals surface area contributed by atoms with Gasteiger partial charge in [0.15, 0.2) is 0 Å². The monoisotopic (exact) mass is 450 g/mol. The van der Waals surface area contributed by atoms with Crippen molar-refractivity contribution in [3.05, 3.63) is 77.0 Å². The maximum Gasteiger partial charge on any atom is 0.260 e. The Labute approximate surface area is 190 Å². The first-order chi connectivity index (χ1) is 16.1. The average molecular weight is 450 g/mol. The molecule has 0 spiro atoms. The second-order valence-electron chi connectivity index (χ2n) is 8.29. The summed E-state index contributed by atoms with van der Waals surface area (Å²) >= 11 is 0. The second-order valence-corrected chi connectivity index (χ2v) is 8.29. The lowest BCUT2D eigenvalue weighted by Crippen LogP contribution is -2.38. The highest BCUT2D eigenvalue weighted by Crippen LogP contribution is 2.32.